The van der Waals surface area contributed by atoms with E-state index in [0.717, 1.165) is 18.2 Å². The maximum absolute atomic E-state index is 13.7. The van der Waals surface area contributed by atoms with Crippen LogP contribution in [-0.2, 0) is 0 Å². The standard InChI is InChI=1S/C19H10F4N2O3/c20-12-4-2-5-13(21)16(12)18(26)25-15-8-7-10(9-24-15)11-3-1-6-14-17(11)28-19(22,23)27-14/h1-9H,(H,24,25,26). The van der Waals surface area contributed by atoms with Gasteiger partial charge in [-0.15, -0.1) is 8.78 Å². The Labute approximate surface area is 155 Å². The highest BCUT2D eigenvalue weighted by Crippen LogP contribution is 2.46. The van der Waals surface area contributed by atoms with Crippen molar-refractivity contribution in [2.45, 2.75) is 6.29 Å². The Morgan fingerprint density at radius 2 is 1.68 bits per heavy atom. The van der Waals surface area contributed by atoms with E-state index < -0.39 is 29.4 Å². The normalized spacial score (nSPS) is 14.0. The van der Waals surface area contributed by atoms with Gasteiger partial charge in [0.15, 0.2) is 11.5 Å². The maximum atomic E-state index is 13.7. The third-order valence-corrected chi connectivity index (χ3v) is 3.93. The Balaban J connectivity index is 1.58. The molecule has 1 N–H and O–H groups in total. The fourth-order valence-corrected chi connectivity index (χ4v) is 2.72. The summed E-state index contributed by atoms with van der Waals surface area (Å²) in [6, 6.07) is 10.3. The molecule has 1 amide bonds. The molecule has 1 aliphatic heterocycles. The number of benzene rings is 2. The number of carbonyl (C=O) groups is 1. The molecule has 0 atom stereocenters. The number of ether oxygens (including phenoxy) is 2. The summed E-state index contributed by atoms with van der Waals surface area (Å²) >= 11 is 0. The second kappa shape index (κ2) is 6.52. The highest BCUT2D eigenvalue weighted by Gasteiger charge is 2.44. The highest BCUT2D eigenvalue weighted by molar-refractivity contribution is 6.04. The predicted octanol–water partition coefficient (Wildman–Crippen LogP) is 4.60. The highest BCUT2D eigenvalue weighted by atomic mass is 19.3. The minimum absolute atomic E-state index is 0.0199. The van der Waals surface area contributed by atoms with Crippen LogP contribution in [0.25, 0.3) is 11.1 Å². The number of hydrogen-bond acceptors (Lipinski definition) is 4. The van der Waals surface area contributed by atoms with Crippen LogP contribution < -0.4 is 14.8 Å². The lowest BCUT2D eigenvalue weighted by Crippen LogP contribution is -2.26. The molecule has 2 aromatic carbocycles. The Morgan fingerprint density at radius 3 is 2.36 bits per heavy atom. The van der Waals surface area contributed by atoms with Crippen molar-refractivity contribution in [1.29, 1.82) is 0 Å². The number of anilines is 1. The monoisotopic (exact) mass is 390 g/mol. The smallest absolute Gasteiger partial charge is 0.395 e. The first-order valence-corrected chi connectivity index (χ1v) is 7.95. The van der Waals surface area contributed by atoms with Gasteiger partial charge in [-0.2, -0.15) is 0 Å². The molecule has 28 heavy (non-hydrogen) atoms. The molecule has 0 spiro atoms. The minimum atomic E-state index is -3.76. The molecule has 142 valence electrons. The molecule has 2 heterocycles. The SMILES string of the molecule is O=C(Nc1ccc(-c2cccc3c2OC(F)(F)O3)cn1)c1c(F)cccc1F. The third-order valence-electron chi connectivity index (χ3n) is 3.93. The molecule has 1 aliphatic rings. The molecule has 0 aliphatic carbocycles. The molecule has 0 bridgehead atoms. The van der Waals surface area contributed by atoms with Gasteiger partial charge >= 0.3 is 6.29 Å². The van der Waals surface area contributed by atoms with E-state index in [1.54, 1.807) is 0 Å². The first-order valence-electron chi connectivity index (χ1n) is 7.95. The van der Waals surface area contributed by atoms with Crippen LogP contribution in [-0.4, -0.2) is 17.2 Å². The molecule has 0 radical (unpaired) electrons. The number of alkyl halides is 2. The van der Waals surface area contributed by atoms with Crippen LogP contribution in [0.15, 0.2) is 54.7 Å². The van der Waals surface area contributed by atoms with Gasteiger partial charge in [-0.25, -0.2) is 13.8 Å². The Bertz CT molecular complexity index is 1050. The van der Waals surface area contributed by atoms with Crippen LogP contribution in [0.2, 0.25) is 0 Å². The van der Waals surface area contributed by atoms with Crippen molar-refractivity contribution < 1.29 is 31.8 Å². The first kappa shape index (κ1) is 17.8. The van der Waals surface area contributed by atoms with Gasteiger partial charge in [0.25, 0.3) is 5.91 Å². The van der Waals surface area contributed by atoms with Crippen molar-refractivity contribution in [1.82, 2.24) is 4.98 Å². The van der Waals surface area contributed by atoms with Crippen LogP contribution in [0.5, 0.6) is 11.5 Å². The molecule has 0 unspecified atom stereocenters. The van der Waals surface area contributed by atoms with Gasteiger partial charge in [0.2, 0.25) is 0 Å². The van der Waals surface area contributed by atoms with E-state index in [4.69, 9.17) is 0 Å². The number of carbonyl (C=O) groups excluding carboxylic acids is 1. The van der Waals surface area contributed by atoms with E-state index in [0.29, 0.717) is 11.1 Å². The van der Waals surface area contributed by atoms with Gasteiger partial charge in [-0.05, 0) is 30.3 Å². The van der Waals surface area contributed by atoms with Gasteiger partial charge in [-0.3, -0.25) is 4.79 Å². The number of nitrogens with zero attached hydrogens (tertiary/aromatic N) is 1. The lowest BCUT2D eigenvalue weighted by Gasteiger charge is -2.09. The number of halogens is 4. The van der Waals surface area contributed by atoms with Crippen LogP contribution in [0.4, 0.5) is 23.4 Å². The molecule has 0 saturated carbocycles. The molecule has 4 rings (SSSR count). The maximum Gasteiger partial charge on any atom is 0.586 e. The molecule has 0 fully saturated rings. The van der Waals surface area contributed by atoms with Gasteiger partial charge in [-0.1, -0.05) is 18.2 Å². The fraction of sp³-hybridized carbons (Fsp3) is 0.0526. The summed E-state index contributed by atoms with van der Waals surface area (Å²) in [5, 5.41) is 2.28. The molecular weight excluding hydrogens is 380 g/mol. The number of fused-ring (bicyclic) bond motifs is 1. The summed E-state index contributed by atoms with van der Waals surface area (Å²) in [6.07, 6.45) is -2.47. The number of aromatic nitrogens is 1. The van der Waals surface area contributed by atoms with Gasteiger partial charge in [0.1, 0.15) is 23.0 Å². The summed E-state index contributed by atoms with van der Waals surface area (Å²) < 4.78 is 62.9. The van der Waals surface area contributed by atoms with Crippen molar-refractivity contribution >= 4 is 11.7 Å². The molecular formula is C19H10F4N2O3. The topological polar surface area (TPSA) is 60.5 Å². The van der Waals surface area contributed by atoms with Crippen LogP contribution in [0, 0.1) is 11.6 Å². The summed E-state index contributed by atoms with van der Waals surface area (Å²) in [6.45, 7) is 0. The molecule has 9 heteroatoms. The largest absolute Gasteiger partial charge is 0.586 e. The second-order valence-corrected chi connectivity index (χ2v) is 5.78. The average Bonchev–Trinajstić information content (AvgIpc) is 2.96. The minimum Gasteiger partial charge on any atom is -0.395 e. The van der Waals surface area contributed by atoms with E-state index >= 15 is 0 Å². The van der Waals surface area contributed by atoms with Crippen molar-refractivity contribution in [3.63, 3.8) is 0 Å². The Morgan fingerprint density at radius 1 is 0.964 bits per heavy atom. The lowest BCUT2D eigenvalue weighted by atomic mass is 10.1. The van der Waals surface area contributed by atoms with Crippen LogP contribution >= 0.6 is 0 Å². The van der Waals surface area contributed by atoms with Gasteiger partial charge in [0.05, 0.1) is 0 Å². The number of pyridine rings is 1. The summed E-state index contributed by atoms with van der Waals surface area (Å²) in [5.74, 6) is -3.26. The molecule has 1 aromatic heterocycles. The second-order valence-electron chi connectivity index (χ2n) is 5.78. The fourth-order valence-electron chi connectivity index (χ4n) is 2.72. The predicted molar refractivity (Wildman–Crippen MR) is 90.2 cm³/mol. The number of amides is 1. The summed E-state index contributed by atoms with van der Waals surface area (Å²) in [4.78, 5) is 16.1. The number of rotatable bonds is 3. The van der Waals surface area contributed by atoms with E-state index in [1.807, 2.05) is 0 Å². The van der Waals surface area contributed by atoms with Crippen LogP contribution in [0.3, 0.4) is 0 Å². The number of hydrogen-bond donors (Lipinski definition) is 1. The zero-order valence-corrected chi connectivity index (χ0v) is 13.9. The summed E-state index contributed by atoms with van der Waals surface area (Å²) in [5.41, 5.74) is -0.0181. The Kier molecular flexibility index (Phi) is 4.14. The van der Waals surface area contributed by atoms with Gasteiger partial charge in [0, 0.05) is 17.3 Å². The van der Waals surface area contributed by atoms with Crippen molar-refractivity contribution in [3.8, 4) is 22.6 Å². The zero-order valence-electron chi connectivity index (χ0n) is 13.9. The van der Waals surface area contributed by atoms with Crippen molar-refractivity contribution in [2.24, 2.45) is 0 Å². The molecule has 5 nitrogen and oxygen atoms in total. The van der Waals surface area contributed by atoms with Crippen molar-refractivity contribution in [3.05, 3.63) is 71.9 Å². The third kappa shape index (κ3) is 3.22. The van der Waals surface area contributed by atoms with E-state index in [9.17, 15) is 22.4 Å². The zero-order chi connectivity index (χ0) is 19.9. The van der Waals surface area contributed by atoms with Gasteiger partial charge < -0.3 is 14.8 Å². The number of nitrogens with one attached hydrogen (secondary N) is 1. The lowest BCUT2D eigenvalue weighted by molar-refractivity contribution is -0.286. The Hall–Kier alpha value is -3.62. The summed E-state index contributed by atoms with van der Waals surface area (Å²) in [7, 11) is 0. The van der Waals surface area contributed by atoms with E-state index in [-0.39, 0.29) is 17.3 Å². The average molecular weight is 390 g/mol. The van der Waals surface area contributed by atoms with Crippen molar-refractivity contribution in [2.75, 3.05) is 5.32 Å². The first-order chi connectivity index (χ1) is 13.3. The quantitative estimate of drug-likeness (QED) is 0.664. The molecule has 0 saturated heterocycles. The van der Waals surface area contributed by atoms with E-state index in [2.05, 4.69) is 19.8 Å². The van der Waals surface area contributed by atoms with Crippen LogP contribution in [0.1, 0.15) is 10.4 Å². The van der Waals surface area contributed by atoms with E-state index in [1.165, 1.54) is 36.5 Å². The number of para-hydroxylation sites is 1. The molecule has 3 aromatic rings.